The largest absolute Gasteiger partial charge is 0.493 e. The molecule has 0 fully saturated rings. The maximum absolute atomic E-state index is 5.36. The molecule has 7 nitrogen and oxygen atoms in total. The average Bonchev–Trinajstić information content (AvgIpc) is 2.74. The molecule has 2 aromatic carbocycles. The highest BCUT2D eigenvalue weighted by atomic mass is 16.5. The molecule has 0 bridgehead atoms. The molecule has 3 rings (SSSR count). The molecule has 0 saturated heterocycles. The third kappa shape index (κ3) is 5.51. The lowest BCUT2D eigenvalue weighted by atomic mass is 10.1. The standard InChI is InChI=1S/C22H27N5O2/c1-27(2)18-8-6-17(7-9-18)25-22-24-14-12-21(26-22)23-13-11-16-5-10-19(28-3)20(15-16)29-4/h5-10,12,14-15H,11,13H2,1-4H3,(H2,23,24,25,26). The quantitative estimate of drug-likeness (QED) is 0.570. The van der Waals surface area contributed by atoms with Crippen LogP contribution in [0.15, 0.2) is 54.7 Å². The van der Waals surface area contributed by atoms with Gasteiger partial charge in [0.15, 0.2) is 11.5 Å². The fourth-order valence-corrected chi connectivity index (χ4v) is 2.86. The monoisotopic (exact) mass is 393 g/mol. The molecule has 0 radical (unpaired) electrons. The van der Waals surface area contributed by atoms with E-state index in [1.807, 2.05) is 62.6 Å². The first-order valence-electron chi connectivity index (χ1n) is 9.41. The second-order valence-corrected chi connectivity index (χ2v) is 6.70. The number of nitrogens with one attached hydrogen (secondary N) is 2. The second-order valence-electron chi connectivity index (χ2n) is 6.70. The Morgan fingerprint density at radius 1 is 0.931 bits per heavy atom. The molecule has 0 unspecified atom stereocenters. The van der Waals surface area contributed by atoms with E-state index in [0.717, 1.165) is 47.2 Å². The highest BCUT2D eigenvalue weighted by molar-refractivity contribution is 5.59. The van der Waals surface area contributed by atoms with E-state index >= 15 is 0 Å². The van der Waals surface area contributed by atoms with E-state index in [-0.39, 0.29) is 0 Å². The lowest BCUT2D eigenvalue weighted by Gasteiger charge is -2.13. The van der Waals surface area contributed by atoms with Gasteiger partial charge in [-0.15, -0.1) is 0 Å². The lowest BCUT2D eigenvalue weighted by molar-refractivity contribution is 0.354. The van der Waals surface area contributed by atoms with Gasteiger partial charge in [-0.2, -0.15) is 4.98 Å². The van der Waals surface area contributed by atoms with Crippen molar-refractivity contribution in [3.05, 3.63) is 60.3 Å². The molecule has 1 aromatic heterocycles. The summed E-state index contributed by atoms with van der Waals surface area (Å²) in [6.45, 7) is 0.740. The van der Waals surface area contributed by atoms with Crippen molar-refractivity contribution >= 4 is 23.1 Å². The predicted molar refractivity (Wildman–Crippen MR) is 118 cm³/mol. The Kier molecular flexibility index (Phi) is 6.73. The number of rotatable bonds is 9. The fraction of sp³-hybridized carbons (Fsp3) is 0.273. The van der Waals surface area contributed by atoms with E-state index < -0.39 is 0 Å². The molecule has 0 aliphatic carbocycles. The fourth-order valence-electron chi connectivity index (χ4n) is 2.86. The number of aromatic nitrogens is 2. The minimum atomic E-state index is 0.554. The zero-order valence-electron chi connectivity index (χ0n) is 17.3. The van der Waals surface area contributed by atoms with E-state index in [4.69, 9.17) is 9.47 Å². The zero-order chi connectivity index (χ0) is 20.6. The number of ether oxygens (including phenoxy) is 2. The first-order valence-corrected chi connectivity index (χ1v) is 9.41. The normalized spacial score (nSPS) is 10.3. The Bertz CT molecular complexity index is 929. The topological polar surface area (TPSA) is 71.5 Å². The third-order valence-electron chi connectivity index (χ3n) is 4.46. The highest BCUT2D eigenvalue weighted by Crippen LogP contribution is 2.27. The Morgan fingerprint density at radius 3 is 2.38 bits per heavy atom. The van der Waals surface area contributed by atoms with Crippen LogP contribution in [0.5, 0.6) is 11.5 Å². The summed E-state index contributed by atoms with van der Waals surface area (Å²) in [6.07, 6.45) is 2.57. The number of nitrogens with zero attached hydrogens (tertiary/aromatic N) is 3. The molecule has 0 aliphatic heterocycles. The summed E-state index contributed by atoms with van der Waals surface area (Å²) in [5.74, 6) is 2.79. The van der Waals surface area contributed by atoms with Crippen molar-refractivity contribution in [3.8, 4) is 11.5 Å². The number of benzene rings is 2. The van der Waals surface area contributed by atoms with Crippen LogP contribution in [0.25, 0.3) is 0 Å². The molecule has 152 valence electrons. The van der Waals surface area contributed by atoms with Gasteiger partial charge in [-0.1, -0.05) is 6.07 Å². The first kappa shape index (κ1) is 20.3. The summed E-state index contributed by atoms with van der Waals surface area (Å²) in [4.78, 5) is 10.9. The van der Waals surface area contributed by atoms with E-state index in [9.17, 15) is 0 Å². The molecule has 0 saturated carbocycles. The molecule has 1 heterocycles. The van der Waals surface area contributed by atoms with Crippen LogP contribution in [0, 0.1) is 0 Å². The van der Waals surface area contributed by atoms with Crippen LogP contribution in [-0.2, 0) is 6.42 Å². The van der Waals surface area contributed by atoms with E-state index in [2.05, 4.69) is 25.5 Å². The van der Waals surface area contributed by atoms with Crippen LogP contribution in [0.4, 0.5) is 23.1 Å². The molecule has 0 aliphatic rings. The van der Waals surface area contributed by atoms with Crippen LogP contribution < -0.4 is 25.0 Å². The summed E-state index contributed by atoms with van der Waals surface area (Å²) in [7, 11) is 7.31. The van der Waals surface area contributed by atoms with Crippen molar-refractivity contribution < 1.29 is 9.47 Å². The summed E-state index contributed by atoms with van der Waals surface area (Å²) in [5.41, 5.74) is 3.24. The molecule has 0 spiro atoms. The van der Waals surface area contributed by atoms with Crippen LogP contribution in [0.2, 0.25) is 0 Å². The van der Waals surface area contributed by atoms with E-state index in [1.54, 1.807) is 20.4 Å². The first-order chi connectivity index (χ1) is 14.1. The lowest BCUT2D eigenvalue weighted by Crippen LogP contribution is -2.09. The van der Waals surface area contributed by atoms with Crippen molar-refractivity contribution in [2.75, 3.05) is 50.4 Å². The van der Waals surface area contributed by atoms with Crippen molar-refractivity contribution in [1.82, 2.24) is 9.97 Å². The maximum Gasteiger partial charge on any atom is 0.229 e. The van der Waals surface area contributed by atoms with Crippen LogP contribution in [0.1, 0.15) is 5.56 Å². The van der Waals surface area contributed by atoms with Gasteiger partial charge < -0.3 is 25.0 Å². The summed E-state index contributed by atoms with van der Waals surface area (Å²) in [6, 6.07) is 15.9. The zero-order valence-corrected chi connectivity index (χ0v) is 17.3. The number of hydrogen-bond acceptors (Lipinski definition) is 7. The van der Waals surface area contributed by atoms with Gasteiger partial charge >= 0.3 is 0 Å². The minimum absolute atomic E-state index is 0.554. The highest BCUT2D eigenvalue weighted by Gasteiger charge is 2.05. The van der Waals surface area contributed by atoms with Crippen molar-refractivity contribution in [2.24, 2.45) is 0 Å². The maximum atomic E-state index is 5.36. The van der Waals surface area contributed by atoms with Crippen molar-refractivity contribution in [2.45, 2.75) is 6.42 Å². The molecule has 2 N–H and O–H groups in total. The Morgan fingerprint density at radius 2 is 1.69 bits per heavy atom. The number of methoxy groups -OCH3 is 2. The predicted octanol–water partition coefficient (Wildman–Crippen LogP) is 3.96. The summed E-state index contributed by atoms with van der Waals surface area (Å²) < 4.78 is 10.6. The van der Waals surface area contributed by atoms with Gasteiger partial charge in [-0.3, -0.25) is 0 Å². The molecule has 0 atom stereocenters. The molecule has 0 amide bonds. The summed E-state index contributed by atoms with van der Waals surface area (Å²) in [5, 5.41) is 6.57. The van der Waals surface area contributed by atoms with Crippen molar-refractivity contribution in [1.29, 1.82) is 0 Å². The Labute approximate surface area is 171 Å². The van der Waals surface area contributed by atoms with Crippen LogP contribution in [-0.4, -0.2) is 44.8 Å². The third-order valence-corrected chi connectivity index (χ3v) is 4.46. The van der Waals surface area contributed by atoms with Crippen molar-refractivity contribution in [3.63, 3.8) is 0 Å². The van der Waals surface area contributed by atoms with Gasteiger partial charge in [-0.25, -0.2) is 4.98 Å². The molecule has 7 heteroatoms. The molecular formula is C22H27N5O2. The van der Waals surface area contributed by atoms with Gasteiger partial charge in [0.25, 0.3) is 0 Å². The van der Waals surface area contributed by atoms with Gasteiger partial charge in [0.05, 0.1) is 14.2 Å². The summed E-state index contributed by atoms with van der Waals surface area (Å²) >= 11 is 0. The molecule has 3 aromatic rings. The second kappa shape index (κ2) is 9.64. The van der Waals surface area contributed by atoms with Gasteiger partial charge in [0.2, 0.25) is 5.95 Å². The molecule has 29 heavy (non-hydrogen) atoms. The SMILES string of the molecule is COc1ccc(CCNc2ccnc(Nc3ccc(N(C)C)cc3)n2)cc1OC. The van der Waals surface area contributed by atoms with E-state index in [1.165, 1.54) is 0 Å². The minimum Gasteiger partial charge on any atom is -0.493 e. The number of hydrogen-bond donors (Lipinski definition) is 2. The van der Waals surface area contributed by atoms with Gasteiger partial charge in [0.1, 0.15) is 5.82 Å². The number of anilines is 4. The van der Waals surface area contributed by atoms with Crippen LogP contribution in [0.3, 0.4) is 0 Å². The van der Waals surface area contributed by atoms with E-state index in [0.29, 0.717) is 5.95 Å². The van der Waals surface area contributed by atoms with Gasteiger partial charge in [0, 0.05) is 38.2 Å². The van der Waals surface area contributed by atoms with Gasteiger partial charge in [-0.05, 0) is 54.4 Å². The Hall–Kier alpha value is -3.48. The van der Waals surface area contributed by atoms with Crippen LogP contribution >= 0.6 is 0 Å². The Balaban J connectivity index is 1.57. The smallest absolute Gasteiger partial charge is 0.229 e. The average molecular weight is 393 g/mol. The molecular weight excluding hydrogens is 366 g/mol.